The van der Waals surface area contributed by atoms with Crippen molar-refractivity contribution in [3.05, 3.63) is 20.8 Å². The fourth-order valence-electron chi connectivity index (χ4n) is 3.39. The van der Waals surface area contributed by atoms with Gasteiger partial charge in [-0.15, -0.1) is 11.3 Å². The number of hydrogen-bond donors (Lipinski definition) is 0. The van der Waals surface area contributed by atoms with E-state index in [1.807, 2.05) is 0 Å². The molecule has 0 aromatic carbocycles. The highest BCUT2D eigenvalue weighted by Gasteiger charge is 2.26. The van der Waals surface area contributed by atoms with Gasteiger partial charge in [0.1, 0.15) is 10.1 Å². The first-order chi connectivity index (χ1) is 12.3. The van der Waals surface area contributed by atoms with Crippen LogP contribution in [0.5, 0.6) is 0 Å². The molecular formula is C19H26N2O3S2. The predicted molar refractivity (Wildman–Crippen MR) is 107 cm³/mol. The zero-order valence-electron chi connectivity index (χ0n) is 16.0. The number of carbonyl (C=O) groups excluding carboxylic acids is 1. The topological polar surface area (TPSA) is 61.2 Å². The average molecular weight is 395 g/mol. The van der Waals surface area contributed by atoms with Crippen LogP contribution in [0.25, 0.3) is 10.2 Å². The Morgan fingerprint density at radius 3 is 2.81 bits per heavy atom. The van der Waals surface area contributed by atoms with E-state index in [1.165, 1.54) is 29.3 Å². The Kier molecular flexibility index (Phi) is 5.77. The minimum Gasteiger partial charge on any atom is -0.468 e. The Balaban J connectivity index is 2.14. The van der Waals surface area contributed by atoms with Gasteiger partial charge in [0, 0.05) is 11.4 Å². The molecule has 0 bridgehead atoms. The van der Waals surface area contributed by atoms with Crippen LogP contribution in [0.3, 0.4) is 0 Å². The van der Waals surface area contributed by atoms with E-state index < -0.39 is 5.25 Å². The van der Waals surface area contributed by atoms with Crippen LogP contribution < -0.4 is 5.56 Å². The monoisotopic (exact) mass is 394 g/mol. The highest BCUT2D eigenvalue weighted by atomic mass is 32.2. The first-order valence-electron chi connectivity index (χ1n) is 9.11. The number of methoxy groups -OCH3 is 1. The Labute approximate surface area is 162 Å². The van der Waals surface area contributed by atoms with Gasteiger partial charge in [0.2, 0.25) is 0 Å². The maximum atomic E-state index is 13.3. The molecular weight excluding hydrogens is 368 g/mol. The molecule has 2 aromatic heterocycles. The van der Waals surface area contributed by atoms with Gasteiger partial charge < -0.3 is 4.74 Å². The van der Waals surface area contributed by atoms with Crippen molar-refractivity contribution in [1.82, 2.24) is 9.55 Å². The number of aromatic nitrogens is 2. The van der Waals surface area contributed by atoms with Gasteiger partial charge in [-0.2, -0.15) is 0 Å². The Morgan fingerprint density at radius 1 is 1.42 bits per heavy atom. The predicted octanol–water partition coefficient (Wildman–Crippen LogP) is 3.89. The van der Waals surface area contributed by atoms with Crippen LogP contribution in [0.4, 0.5) is 0 Å². The van der Waals surface area contributed by atoms with Gasteiger partial charge in [0.05, 0.1) is 12.5 Å². The fourth-order valence-corrected chi connectivity index (χ4v) is 5.76. The van der Waals surface area contributed by atoms with Crippen LogP contribution in [-0.4, -0.2) is 27.9 Å². The van der Waals surface area contributed by atoms with Crippen LogP contribution in [0, 0.1) is 11.8 Å². The molecule has 2 atom stereocenters. The molecule has 0 N–H and O–H groups in total. The standard InChI is InChI=1S/C19H26N2O3S2/c1-10(2)9-21-17(22)15-13-7-6-11(3)8-14(13)26-16(15)20-19(21)25-12(4)18(23)24-5/h10-12H,6-9H2,1-5H3. The second-order valence-electron chi connectivity index (χ2n) is 7.52. The average Bonchev–Trinajstić information content (AvgIpc) is 2.94. The molecule has 0 aliphatic heterocycles. The molecule has 7 heteroatoms. The maximum absolute atomic E-state index is 13.3. The van der Waals surface area contributed by atoms with Crippen molar-refractivity contribution in [2.75, 3.05) is 7.11 Å². The maximum Gasteiger partial charge on any atom is 0.318 e. The second kappa shape index (κ2) is 7.72. The van der Waals surface area contributed by atoms with E-state index in [1.54, 1.807) is 22.8 Å². The van der Waals surface area contributed by atoms with Crippen molar-refractivity contribution >= 4 is 39.3 Å². The van der Waals surface area contributed by atoms with E-state index in [0.717, 1.165) is 29.5 Å². The summed E-state index contributed by atoms with van der Waals surface area (Å²) >= 11 is 2.95. The Bertz CT molecular complexity index is 885. The molecule has 2 unspecified atom stereocenters. The number of thiophene rings is 1. The molecule has 2 aromatic rings. The number of fused-ring (bicyclic) bond motifs is 3. The lowest BCUT2D eigenvalue weighted by Gasteiger charge is -2.18. The van der Waals surface area contributed by atoms with Gasteiger partial charge in [-0.05, 0) is 43.6 Å². The van der Waals surface area contributed by atoms with Gasteiger partial charge >= 0.3 is 5.97 Å². The van der Waals surface area contributed by atoms with E-state index in [4.69, 9.17) is 9.72 Å². The molecule has 26 heavy (non-hydrogen) atoms. The number of esters is 1. The van der Waals surface area contributed by atoms with E-state index in [9.17, 15) is 9.59 Å². The second-order valence-corrected chi connectivity index (χ2v) is 9.91. The normalized spacial score (nSPS) is 18.2. The SMILES string of the molecule is COC(=O)C(C)Sc1nc2sc3c(c2c(=O)n1CC(C)C)CCC(C)C3. The summed E-state index contributed by atoms with van der Waals surface area (Å²) in [7, 11) is 1.38. The number of thioether (sulfide) groups is 1. The lowest BCUT2D eigenvalue weighted by molar-refractivity contribution is -0.139. The first kappa shape index (κ1) is 19.4. The number of nitrogens with zero attached hydrogens (tertiary/aromatic N) is 2. The van der Waals surface area contributed by atoms with E-state index in [2.05, 4.69) is 20.8 Å². The molecule has 142 valence electrons. The highest BCUT2D eigenvalue weighted by Crippen LogP contribution is 2.37. The van der Waals surface area contributed by atoms with Crippen molar-refractivity contribution in [3.63, 3.8) is 0 Å². The third-order valence-electron chi connectivity index (χ3n) is 4.74. The quantitative estimate of drug-likeness (QED) is 0.437. The molecule has 0 amide bonds. The van der Waals surface area contributed by atoms with Gasteiger partial charge in [-0.3, -0.25) is 14.2 Å². The summed E-state index contributed by atoms with van der Waals surface area (Å²) in [4.78, 5) is 32.1. The molecule has 1 aliphatic rings. The van der Waals surface area contributed by atoms with E-state index in [-0.39, 0.29) is 11.5 Å². The Hall–Kier alpha value is -1.34. The van der Waals surface area contributed by atoms with Crippen LogP contribution in [-0.2, 0) is 28.9 Å². The summed E-state index contributed by atoms with van der Waals surface area (Å²) in [5.74, 6) is 0.663. The van der Waals surface area contributed by atoms with Crippen molar-refractivity contribution < 1.29 is 9.53 Å². The lowest BCUT2D eigenvalue weighted by Crippen LogP contribution is -2.27. The zero-order valence-corrected chi connectivity index (χ0v) is 17.6. The van der Waals surface area contributed by atoms with Crippen LogP contribution in [0.15, 0.2) is 9.95 Å². The summed E-state index contributed by atoms with van der Waals surface area (Å²) in [6.45, 7) is 8.81. The molecule has 1 aliphatic carbocycles. The van der Waals surface area contributed by atoms with E-state index >= 15 is 0 Å². The van der Waals surface area contributed by atoms with Crippen LogP contribution in [0.1, 0.15) is 44.6 Å². The molecule has 0 radical (unpaired) electrons. The highest BCUT2D eigenvalue weighted by molar-refractivity contribution is 8.00. The first-order valence-corrected chi connectivity index (χ1v) is 10.8. The fraction of sp³-hybridized carbons (Fsp3) is 0.632. The minimum absolute atomic E-state index is 0.0373. The number of aryl methyl sites for hydroxylation is 1. The van der Waals surface area contributed by atoms with Gasteiger partial charge in [-0.25, -0.2) is 4.98 Å². The number of ether oxygens (including phenoxy) is 1. The molecule has 5 nitrogen and oxygen atoms in total. The van der Waals surface area contributed by atoms with Gasteiger partial charge in [0.25, 0.3) is 5.56 Å². The Morgan fingerprint density at radius 2 is 2.15 bits per heavy atom. The smallest absolute Gasteiger partial charge is 0.318 e. The molecule has 0 saturated carbocycles. The summed E-state index contributed by atoms with van der Waals surface area (Å²) in [5, 5.41) is 1.01. The van der Waals surface area contributed by atoms with Crippen LogP contribution in [0.2, 0.25) is 0 Å². The summed E-state index contributed by atoms with van der Waals surface area (Å²) in [6.07, 6.45) is 3.11. The number of carbonyl (C=O) groups is 1. The third-order valence-corrected chi connectivity index (χ3v) is 6.96. The van der Waals surface area contributed by atoms with Crippen molar-refractivity contribution in [3.8, 4) is 0 Å². The van der Waals surface area contributed by atoms with Crippen LogP contribution >= 0.6 is 23.1 Å². The van der Waals surface area contributed by atoms with Crippen molar-refractivity contribution in [1.29, 1.82) is 0 Å². The summed E-state index contributed by atoms with van der Waals surface area (Å²) in [5.41, 5.74) is 1.24. The lowest BCUT2D eigenvalue weighted by atomic mass is 9.89. The summed E-state index contributed by atoms with van der Waals surface area (Å²) in [6, 6.07) is 0. The largest absolute Gasteiger partial charge is 0.468 e. The number of hydrogen-bond acceptors (Lipinski definition) is 6. The minimum atomic E-state index is -0.405. The molecule has 3 rings (SSSR count). The van der Waals surface area contributed by atoms with Gasteiger partial charge in [0.15, 0.2) is 5.16 Å². The van der Waals surface area contributed by atoms with Crippen molar-refractivity contribution in [2.45, 2.75) is 63.9 Å². The number of rotatable bonds is 5. The van der Waals surface area contributed by atoms with Gasteiger partial charge in [-0.1, -0.05) is 32.5 Å². The zero-order chi connectivity index (χ0) is 19.0. The molecule has 0 fully saturated rings. The van der Waals surface area contributed by atoms with E-state index in [0.29, 0.717) is 23.5 Å². The molecule has 0 spiro atoms. The van der Waals surface area contributed by atoms with Crippen molar-refractivity contribution in [2.24, 2.45) is 11.8 Å². The molecule has 2 heterocycles. The molecule has 0 saturated heterocycles. The summed E-state index contributed by atoms with van der Waals surface area (Å²) < 4.78 is 6.58. The third kappa shape index (κ3) is 3.69.